The monoisotopic (exact) mass is 508 g/mol. The van der Waals surface area contributed by atoms with Crippen LogP contribution in [-0.2, 0) is 6.61 Å². The summed E-state index contributed by atoms with van der Waals surface area (Å²) >= 11 is 7.26. The molecule has 0 unspecified atom stereocenters. The van der Waals surface area contributed by atoms with Crippen LogP contribution < -0.4 is 4.74 Å². The number of halogens is 1. The van der Waals surface area contributed by atoms with Crippen molar-refractivity contribution in [2.24, 2.45) is 0 Å². The van der Waals surface area contributed by atoms with E-state index in [2.05, 4.69) is 36.2 Å². The summed E-state index contributed by atoms with van der Waals surface area (Å²) in [5.41, 5.74) is 5.10. The SMILES string of the molecule is Cc1ccc(-n2c(C)nnc2S[C@H](C[N+](=O)[O-])c2ccc(OCc3ccc(Cl)cc3)cc2)cc1C. The highest BCUT2D eigenvalue weighted by Crippen LogP contribution is 2.36. The Morgan fingerprint density at radius 3 is 2.37 bits per heavy atom. The predicted octanol–water partition coefficient (Wildman–Crippen LogP) is 6.54. The zero-order valence-electron chi connectivity index (χ0n) is 19.6. The van der Waals surface area contributed by atoms with Gasteiger partial charge in [0.2, 0.25) is 6.54 Å². The zero-order chi connectivity index (χ0) is 24.9. The average molecular weight is 509 g/mol. The van der Waals surface area contributed by atoms with E-state index in [1.54, 1.807) is 0 Å². The van der Waals surface area contributed by atoms with Crippen molar-refractivity contribution in [1.29, 1.82) is 0 Å². The van der Waals surface area contributed by atoms with Crippen LogP contribution in [-0.4, -0.2) is 26.2 Å². The minimum absolute atomic E-state index is 0.242. The maximum absolute atomic E-state index is 11.5. The molecule has 0 aliphatic carbocycles. The van der Waals surface area contributed by atoms with E-state index < -0.39 is 5.25 Å². The van der Waals surface area contributed by atoms with Crippen LogP contribution in [0.3, 0.4) is 0 Å². The van der Waals surface area contributed by atoms with E-state index in [0.29, 0.717) is 22.5 Å². The normalized spacial score (nSPS) is 11.9. The molecule has 7 nitrogen and oxygen atoms in total. The number of benzene rings is 3. The molecule has 0 radical (unpaired) electrons. The molecule has 0 saturated heterocycles. The van der Waals surface area contributed by atoms with E-state index in [1.807, 2.05) is 66.1 Å². The smallest absolute Gasteiger partial charge is 0.220 e. The van der Waals surface area contributed by atoms with Gasteiger partial charge in [-0.05, 0) is 79.4 Å². The number of ether oxygens (including phenoxy) is 1. The quantitative estimate of drug-likeness (QED) is 0.145. The first-order valence-corrected chi connectivity index (χ1v) is 12.3. The van der Waals surface area contributed by atoms with Crippen LogP contribution in [0.25, 0.3) is 5.69 Å². The van der Waals surface area contributed by atoms with Crippen LogP contribution in [0.4, 0.5) is 0 Å². The molecule has 0 N–H and O–H groups in total. The molecule has 1 atom stereocenters. The molecule has 180 valence electrons. The second kappa shape index (κ2) is 10.9. The third kappa shape index (κ3) is 6.21. The number of thioether (sulfide) groups is 1. The Morgan fingerprint density at radius 2 is 1.71 bits per heavy atom. The van der Waals surface area contributed by atoms with Crippen LogP contribution in [0.1, 0.15) is 33.3 Å². The molecular weight excluding hydrogens is 484 g/mol. The van der Waals surface area contributed by atoms with Gasteiger partial charge in [-0.25, -0.2) is 0 Å². The topological polar surface area (TPSA) is 83.1 Å². The highest BCUT2D eigenvalue weighted by molar-refractivity contribution is 7.99. The summed E-state index contributed by atoms with van der Waals surface area (Å²) in [6, 6.07) is 21.0. The van der Waals surface area contributed by atoms with Crippen molar-refractivity contribution >= 4 is 23.4 Å². The van der Waals surface area contributed by atoms with Crippen molar-refractivity contribution in [2.75, 3.05) is 6.54 Å². The molecular formula is C26H25ClN4O3S. The van der Waals surface area contributed by atoms with Gasteiger partial charge in [0, 0.05) is 15.6 Å². The summed E-state index contributed by atoms with van der Waals surface area (Å²) in [7, 11) is 0. The lowest BCUT2D eigenvalue weighted by atomic mass is 10.1. The summed E-state index contributed by atoms with van der Waals surface area (Å²) in [4.78, 5) is 11.2. The Balaban J connectivity index is 1.54. The van der Waals surface area contributed by atoms with Gasteiger partial charge in [-0.2, -0.15) is 0 Å². The Kier molecular flexibility index (Phi) is 7.73. The largest absolute Gasteiger partial charge is 0.489 e. The van der Waals surface area contributed by atoms with E-state index in [0.717, 1.165) is 28.2 Å². The standard InChI is InChI=1S/C26H25ClN4O3S/c1-17-4-11-23(14-18(17)2)31-19(3)28-29-26(31)35-25(15-30(32)33)21-7-12-24(13-8-21)34-16-20-5-9-22(27)10-6-20/h4-14,25H,15-16H2,1-3H3/t25-/m1/s1. The molecule has 1 aromatic heterocycles. The van der Waals surface area contributed by atoms with E-state index in [4.69, 9.17) is 16.3 Å². The average Bonchev–Trinajstić information content (AvgIpc) is 3.20. The summed E-state index contributed by atoms with van der Waals surface area (Å²) in [6.45, 7) is 6.15. The van der Waals surface area contributed by atoms with Gasteiger partial charge in [0.15, 0.2) is 5.16 Å². The lowest BCUT2D eigenvalue weighted by Gasteiger charge is -2.15. The van der Waals surface area contributed by atoms with E-state index in [9.17, 15) is 10.1 Å². The molecule has 0 saturated carbocycles. The molecule has 1 heterocycles. The lowest BCUT2D eigenvalue weighted by molar-refractivity contribution is -0.479. The lowest BCUT2D eigenvalue weighted by Crippen LogP contribution is -2.11. The number of nitro groups is 1. The van der Waals surface area contributed by atoms with Gasteiger partial charge < -0.3 is 4.74 Å². The summed E-state index contributed by atoms with van der Waals surface area (Å²) in [5.74, 6) is 1.41. The first kappa shape index (κ1) is 24.8. The molecule has 4 rings (SSSR count). The molecule has 9 heteroatoms. The molecule has 0 aliphatic rings. The van der Waals surface area contributed by atoms with Crippen LogP contribution in [0.5, 0.6) is 5.75 Å². The summed E-state index contributed by atoms with van der Waals surface area (Å²) in [5, 5.41) is 20.9. The third-order valence-corrected chi connectivity index (χ3v) is 7.11. The fraction of sp³-hybridized carbons (Fsp3) is 0.231. The van der Waals surface area contributed by atoms with Crippen molar-refractivity contribution in [3.63, 3.8) is 0 Å². The molecule has 4 aromatic rings. The molecule has 0 aliphatic heterocycles. The maximum atomic E-state index is 11.5. The molecule has 35 heavy (non-hydrogen) atoms. The van der Waals surface area contributed by atoms with Crippen LogP contribution in [0.15, 0.2) is 71.9 Å². The van der Waals surface area contributed by atoms with Gasteiger partial charge in [0.1, 0.15) is 23.4 Å². The van der Waals surface area contributed by atoms with E-state index >= 15 is 0 Å². The molecule has 0 amide bonds. The fourth-order valence-corrected chi connectivity index (χ4v) is 4.88. The van der Waals surface area contributed by atoms with Crippen LogP contribution in [0, 0.1) is 30.9 Å². The number of aromatic nitrogens is 3. The fourth-order valence-electron chi connectivity index (χ4n) is 3.58. The maximum Gasteiger partial charge on any atom is 0.220 e. The van der Waals surface area contributed by atoms with Crippen molar-refractivity contribution in [3.8, 4) is 11.4 Å². The Labute approximate surface area is 213 Å². The minimum atomic E-state index is -0.441. The van der Waals surface area contributed by atoms with Gasteiger partial charge in [0.25, 0.3) is 0 Å². The van der Waals surface area contributed by atoms with Crippen molar-refractivity contribution in [1.82, 2.24) is 14.8 Å². The van der Waals surface area contributed by atoms with E-state index in [-0.39, 0.29) is 11.5 Å². The van der Waals surface area contributed by atoms with Crippen LogP contribution >= 0.6 is 23.4 Å². The second-order valence-corrected chi connectivity index (χ2v) is 9.85. The van der Waals surface area contributed by atoms with Crippen LogP contribution in [0.2, 0.25) is 5.02 Å². The van der Waals surface area contributed by atoms with Gasteiger partial charge in [-0.15, -0.1) is 10.2 Å². The van der Waals surface area contributed by atoms with Crippen molar-refractivity contribution < 1.29 is 9.66 Å². The molecule has 0 fully saturated rings. The summed E-state index contributed by atoms with van der Waals surface area (Å²) in [6.07, 6.45) is 0. The number of rotatable bonds is 9. The van der Waals surface area contributed by atoms with Gasteiger partial charge in [-0.3, -0.25) is 14.7 Å². The number of nitrogens with zero attached hydrogens (tertiary/aromatic N) is 4. The first-order valence-electron chi connectivity index (χ1n) is 11.1. The Hall–Kier alpha value is -3.36. The molecule has 3 aromatic carbocycles. The number of aryl methyl sites for hydroxylation is 3. The first-order chi connectivity index (χ1) is 16.8. The van der Waals surface area contributed by atoms with Gasteiger partial charge in [-0.1, -0.05) is 53.7 Å². The Bertz CT molecular complexity index is 1320. The predicted molar refractivity (Wildman–Crippen MR) is 138 cm³/mol. The number of hydrogen-bond donors (Lipinski definition) is 0. The molecule has 0 bridgehead atoms. The van der Waals surface area contributed by atoms with Gasteiger partial charge in [0.05, 0.1) is 0 Å². The highest BCUT2D eigenvalue weighted by atomic mass is 35.5. The van der Waals surface area contributed by atoms with E-state index in [1.165, 1.54) is 17.3 Å². The van der Waals surface area contributed by atoms with Crippen molar-refractivity contribution in [3.05, 3.63) is 110 Å². The van der Waals surface area contributed by atoms with Gasteiger partial charge >= 0.3 is 0 Å². The number of hydrogen-bond acceptors (Lipinski definition) is 6. The highest BCUT2D eigenvalue weighted by Gasteiger charge is 2.24. The zero-order valence-corrected chi connectivity index (χ0v) is 21.2. The second-order valence-electron chi connectivity index (χ2n) is 8.24. The molecule has 0 spiro atoms. The minimum Gasteiger partial charge on any atom is -0.489 e. The summed E-state index contributed by atoms with van der Waals surface area (Å²) < 4.78 is 7.80. The Morgan fingerprint density at radius 1 is 1.00 bits per heavy atom. The van der Waals surface area contributed by atoms with Crippen molar-refractivity contribution in [2.45, 2.75) is 37.8 Å². The third-order valence-electron chi connectivity index (χ3n) is 5.68.